The van der Waals surface area contributed by atoms with Gasteiger partial charge in [0, 0.05) is 29.2 Å². The van der Waals surface area contributed by atoms with E-state index in [4.69, 9.17) is 9.47 Å². The summed E-state index contributed by atoms with van der Waals surface area (Å²) in [5, 5.41) is 3.46. The van der Waals surface area contributed by atoms with E-state index in [1.165, 1.54) is 12.1 Å². The largest absolute Gasteiger partial charge is 0.496 e. The van der Waals surface area contributed by atoms with Crippen LogP contribution in [-0.2, 0) is 6.61 Å². The second-order valence-electron chi connectivity index (χ2n) is 7.77. The number of anilines is 2. The smallest absolute Gasteiger partial charge is 0.262 e. The van der Waals surface area contributed by atoms with Gasteiger partial charge in [-0.3, -0.25) is 9.69 Å². The summed E-state index contributed by atoms with van der Waals surface area (Å²) in [6.07, 6.45) is 1.14. The standard InChI is InChI=1S/C27H22FN3O3/c1-33-24-14-9-18(16-19(24)17-34-25-8-4-5-15-29-25)26-30-23-7-3-2-6-22(23)27(32)31(26)21-12-10-20(28)11-13-21/h2-16,26,30H,17H2,1H3. The van der Waals surface area contributed by atoms with Crippen LogP contribution < -0.4 is 19.7 Å². The third-order valence-corrected chi connectivity index (χ3v) is 5.66. The van der Waals surface area contributed by atoms with Crippen LogP contribution in [0.2, 0.25) is 0 Å². The number of fused-ring (bicyclic) bond motifs is 1. The molecule has 1 amide bonds. The van der Waals surface area contributed by atoms with Crippen LogP contribution in [0.4, 0.5) is 15.8 Å². The van der Waals surface area contributed by atoms with Gasteiger partial charge in [-0.2, -0.15) is 0 Å². The highest BCUT2D eigenvalue weighted by Gasteiger charge is 2.34. The number of hydrogen-bond acceptors (Lipinski definition) is 5. The molecule has 4 aromatic rings. The van der Waals surface area contributed by atoms with Gasteiger partial charge in [-0.1, -0.05) is 24.3 Å². The van der Waals surface area contributed by atoms with E-state index in [0.29, 0.717) is 22.9 Å². The second-order valence-corrected chi connectivity index (χ2v) is 7.77. The molecule has 170 valence electrons. The van der Waals surface area contributed by atoms with Gasteiger partial charge >= 0.3 is 0 Å². The average Bonchev–Trinajstić information content (AvgIpc) is 2.88. The summed E-state index contributed by atoms with van der Waals surface area (Å²) in [4.78, 5) is 19.4. The Kier molecular flexibility index (Phi) is 5.82. The molecule has 0 fully saturated rings. The number of halogens is 1. The van der Waals surface area contributed by atoms with Crippen molar-refractivity contribution in [2.24, 2.45) is 0 Å². The number of hydrogen-bond donors (Lipinski definition) is 1. The maximum absolute atomic E-state index is 13.6. The summed E-state index contributed by atoms with van der Waals surface area (Å²) >= 11 is 0. The third kappa shape index (κ3) is 4.15. The maximum Gasteiger partial charge on any atom is 0.262 e. The van der Waals surface area contributed by atoms with Crippen LogP contribution in [0.5, 0.6) is 11.6 Å². The number of nitrogens with one attached hydrogen (secondary N) is 1. The highest BCUT2D eigenvalue weighted by atomic mass is 19.1. The van der Waals surface area contributed by atoms with Crippen molar-refractivity contribution in [2.75, 3.05) is 17.3 Å². The lowest BCUT2D eigenvalue weighted by molar-refractivity contribution is 0.0975. The molecule has 5 rings (SSSR count). The van der Waals surface area contributed by atoms with Crippen LogP contribution in [0.15, 0.2) is 91.1 Å². The summed E-state index contributed by atoms with van der Waals surface area (Å²) in [6, 6.07) is 24.4. The fraction of sp³-hybridized carbons (Fsp3) is 0.111. The molecule has 1 aromatic heterocycles. The molecule has 0 radical (unpaired) electrons. The molecule has 0 bridgehead atoms. The molecular weight excluding hydrogens is 433 g/mol. The molecular formula is C27H22FN3O3. The van der Waals surface area contributed by atoms with Gasteiger partial charge in [0.15, 0.2) is 0 Å². The Labute approximate surface area is 196 Å². The summed E-state index contributed by atoms with van der Waals surface area (Å²) in [5.41, 5.74) is 3.50. The molecule has 2 heterocycles. The fourth-order valence-electron chi connectivity index (χ4n) is 4.02. The van der Waals surface area contributed by atoms with Crippen LogP contribution in [-0.4, -0.2) is 18.0 Å². The van der Waals surface area contributed by atoms with E-state index < -0.39 is 6.17 Å². The van der Waals surface area contributed by atoms with Crippen molar-refractivity contribution >= 4 is 17.3 Å². The van der Waals surface area contributed by atoms with Crippen molar-refractivity contribution < 1.29 is 18.7 Å². The van der Waals surface area contributed by atoms with Gasteiger partial charge < -0.3 is 14.8 Å². The van der Waals surface area contributed by atoms with Crippen molar-refractivity contribution in [3.8, 4) is 11.6 Å². The third-order valence-electron chi connectivity index (χ3n) is 5.66. The lowest BCUT2D eigenvalue weighted by Gasteiger charge is -2.38. The van der Waals surface area contributed by atoms with E-state index >= 15 is 0 Å². The molecule has 1 N–H and O–H groups in total. The Morgan fingerprint density at radius 3 is 2.56 bits per heavy atom. The molecule has 34 heavy (non-hydrogen) atoms. The first kappa shape index (κ1) is 21.5. The van der Waals surface area contributed by atoms with E-state index in [2.05, 4.69) is 10.3 Å². The molecule has 1 aliphatic heterocycles. The predicted octanol–water partition coefficient (Wildman–Crippen LogP) is 5.58. The van der Waals surface area contributed by atoms with Crippen LogP contribution in [0.3, 0.4) is 0 Å². The topological polar surface area (TPSA) is 63.7 Å². The quantitative estimate of drug-likeness (QED) is 0.411. The number of nitrogens with zero attached hydrogens (tertiary/aromatic N) is 2. The Morgan fingerprint density at radius 1 is 1.00 bits per heavy atom. The molecule has 1 atom stereocenters. The van der Waals surface area contributed by atoms with Crippen molar-refractivity contribution in [1.29, 1.82) is 0 Å². The highest BCUT2D eigenvalue weighted by molar-refractivity contribution is 6.12. The van der Waals surface area contributed by atoms with Crippen molar-refractivity contribution in [3.05, 3.63) is 114 Å². The highest BCUT2D eigenvalue weighted by Crippen LogP contribution is 2.38. The zero-order valence-corrected chi connectivity index (χ0v) is 18.4. The number of pyridine rings is 1. The first-order chi connectivity index (χ1) is 16.6. The van der Waals surface area contributed by atoms with Crippen molar-refractivity contribution in [3.63, 3.8) is 0 Å². The number of ether oxygens (including phenoxy) is 2. The normalized spacial score (nSPS) is 14.8. The van der Waals surface area contributed by atoms with Crippen molar-refractivity contribution in [2.45, 2.75) is 12.8 Å². The summed E-state index contributed by atoms with van der Waals surface area (Å²) in [6.45, 7) is 0.238. The Hall–Kier alpha value is -4.39. The van der Waals surface area contributed by atoms with Crippen LogP contribution in [0, 0.1) is 5.82 Å². The van der Waals surface area contributed by atoms with E-state index in [0.717, 1.165) is 16.8 Å². The lowest BCUT2D eigenvalue weighted by Crippen LogP contribution is -2.43. The number of carbonyl (C=O) groups excluding carboxylic acids is 1. The lowest BCUT2D eigenvalue weighted by atomic mass is 10.0. The number of carbonyl (C=O) groups is 1. The Balaban J connectivity index is 1.54. The number of methoxy groups -OCH3 is 1. The van der Waals surface area contributed by atoms with Crippen LogP contribution >= 0.6 is 0 Å². The molecule has 0 saturated heterocycles. The van der Waals surface area contributed by atoms with Crippen LogP contribution in [0.25, 0.3) is 0 Å². The first-order valence-corrected chi connectivity index (χ1v) is 10.8. The maximum atomic E-state index is 13.6. The van der Waals surface area contributed by atoms with Gasteiger partial charge in [-0.05, 0) is 60.2 Å². The minimum absolute atomic E-state index is 0.173. The van der Waals surface area contributed by atoms with E-state index in [-0.39, 0.29) is 18.3 Å². The van der Waals surface area contributed by atoms with Gasteiger partial charge in [-0.25, -0.2) is 9.37 Å². The van der Waals surface area contributed by atoms with Crippen LogP contribution in [0.1, 0.15) is 27.7 Å². The Bertz CT molecular complexity index is 1310. The molecule has 0 saturated carbocycles. The number of benzene rings is 3. The SMILES string of the molecule is COc1ccc(C2Nc3ccccc3C(=O)N2c2ccc(F)cc2)cc1COc1ccccn1. The molecule has 1 aliphatic rings. The number of amides is 1. The number of rotatable bonds is 6. The first-order valence-electron chi connectivity index (χ1n) is 10.8. The molecule has 3 aromatic carbocycles. The molecule has 0 aliphatic carbocycles. The van der Waals surface area contributed by atoms with Gasteiger partial charge in [-0.15, -0.1) is 0 Å². The minimum Gasteiger partial charge on any atom is -0.496 e. The molecule has 1 unspecified atom stereocenters. The molecule has 7 heteroatoms. The zero-order chi connectivity index (χ0) is 23.5. The van der Waals surface area contributed by atoms with E-state index in [9.17, 15) is 9.18 Å². The summed E-state index contributed by atoms with van der Waals surface area (Å²) < 4.78 is 25.0. The molecule has 0 spiro atoms. The van der Waals surface area contributed by atoms with E-state index in [1.807, 2.05) is 48.5 Å². The van der Waals surface area contributed by atoms with Gasteiger partial charge in [0.25, 0.3) is 5.91 Å². The van der Waals surface area contributed by atoms with Gasteiger partial charge in [0.2, 0.25) is 5.88 Å². The Morgan fingerprint density at radius 2 is 1.79 bits per heavy atom. The number of aromatic nitrogens is 1. The molecule has 6 nitrogen and oxygen atoms in total. The minimum atomic E-state index is -0.521. The summed E-state index contributed by atoms with van der Waals surface area (Å²) in [7, 11) is 1.60. The van der Waals surface area contributed by atoms with Gasteiger partial charge in [0.1, 0.15) is 24.3 Å². The van der Waals surface area contributed by atoms with E-state index in [1.54, 1.807) is 42.5 Å². The summed E-state index contributed by atoms with van der Waals surface area (Å²) in [5.74, 6) is 0.628. The average molecular weight is 455 g/mol. The predicted molar refractivity (Wildman–Crippen MR) is 128 cm³/mol. The second kappa shape index (κ2) is 9.23. The zero-order valence-electron chi connectivity index (χ0n) is 18.4. The van der Waals surface area contributed by atoms with Gasteiger partial charge in [0.05, 0.1) is 12.7 Å². The monoisotopic (exact) mass is 455 g/mol. The fourth-order valence-corrected chi connectivity index (χ4v) is 4.02. The number of para-hydroxylation sites is 1. The van der Waals surface area contributed by atoms with Crippen molar-refractivity contribution in [1.82, 2.24) is 4.98 Å².